The minimum Gasteiger partial charge on any atom is -0.496 e. The fourth-order valence-electron chi connectivity index (χ4n) is 1.80. The third-order valence-corrected chi connectivity index (χ3v) is 4.59. The summed E-state index contributed by atoms with van der Waals surface area (Å²) in [5, 5.41) is 0. The lowest BCUT2D eigenvalue weighted by Gasteiger charge is -2.32. The van der Waals surface area contributed by atoms with Crippen LogP contribution in [0.4, 0.5) is 0 Å². The minimum atomic E-state index is -0.333. The van der Waals surface area contributed by atoms with E-state index in [-0.39, 0.29) is 18.3 Å². The van der Waals surface area contributed by atoms with Crippen molar-refractivity contribution in [2.75, 3.05) is 7.11 Å². The van der Waals surface area contributed by atoms with Crippen LogP contribution in [0.15, 0.2) is 18.2 Å². The Labute approximate surface area is 122 Å². The molecule has 0 spiro atoms. The van der Waals surface area contributed by atoms with Crippen LogP contribution in [0.25, 0.3) is 0 Å². The Kier molecular flexibility index (Phi) is 3.68. The zero-order valence-corrected chi connectivity index (χ0v) is 13.6. The lowest BCUT2D eigenvalue weighted by molar-refractivity contribution is 0.00578. The second kappa shape index (κ2) is 4.69. The van der Waals surface area contributed by atoms with Gasteiger partial charge in [0.25, 0.3) is 0 Å². The Morgan fingerprint density at radius 2 is 1.67 bits per heavy atom. The van der Waals surface area contributed by atoms with Gasteiger partial charge in [-0.15, -0.1) is 0 Å². The molecule has 18 heavy (non-hydrogen) atoms. The third kappa shape index (κ3) is 2.40. The van der Waals surface area contributed by atoms with Gasteiger partial charge in [0.2, 0.25) is 0 Å². The summed E-state index contributed by atoms with van der Waals surface area (Å²) in [6, 6.07) is 6.01. The van der Waals surface area contributed by atoms with E-state index in [1.165, 1.54) is 0 Å². The van der Waals surface area contributed by atoms with E-state index in [9.17, 15) is 0 Å². The van der Waals surface area contributed by atoms with Crippen molar-refractivity contribution in [3.63, 3.8) is 0 Å². The van der Waals surface area contributed by atoms with Crippen LogP contribution in [0.2, 0.25) is 0 Å². The van der Waals surface area contributed by atoms with E-state index in [1.54, 1.807) is 7.11 Å². The molecule has 0 aliphatic carbocycles. The summed E-state index contributed by atoms with van der Waals surface area (Å²) < 4.78 is 18.4. The molecule has 0 radical (unpaired) electrons. The maximum Gasteiger partial charge on any atom is 0.494 e. The van der Waals surface area contributed by atoms with Crippen molar-refractivity contribution >= 4 is 35.2 Å². The standard InChI is InChI=1S/C13H18BIO3/c1-12(2)13(3,4)18-14(17-12)9-6-7-10(15)11(8-9)16-5/h6-8H,1-5H3. The van der Waals surface area contributed by atoms with Gasteiger partial charge in [-0.1, -0.05) is 6.07 Å². The molecule has 1 fully saturated rings. The van der Waals surface area contributed by atoms with Crippen LogP contribution in [-0.4, -0.2) is 25.4 Å². The van der Waals surface area contributed by atoms with Gasteiger partial charge < -0.3 is 14.0 Å². The highest BCUT2D eigenvalue weighted by atomic mass is 127. The first-order valence-corrected chi connectivity index (χ1v) is 7.04. The monoisotopic (exact) mass is 360 g/mol. The Bertz CT molecular complexity index is 444. The van der Waals surface area contributed by atoms with E-state index in [0.717, 1.165) is 14.8 Å². The fourth-order valence-corrected chi connectivity index (χ4v) is 2.36. The van der Waals surface area contributed by atoms with Gasteiger partial charge in [0.15, 0.2) is 0 Å². The van der Waals surface area contributed by atoms with Crippen molar-refractivity contribution in [3.8, 4) is 5.75 Å². The van der Waals surface area contributed by atoms with Crippen molar-refractivity contribution < 1.29 is 14.0 Å². The van der Waals surface area contributed by atoms with E-state index in [2.05, 4.69) is 50.3 Å². The van der Waals surface area contributed by atoms with Crippen molar-refractivity contribution in [2.24, 2.45) is 0 Å². The first kappa shape index (κ1) is 14.2. The number of benzene rings is 1. The molecule has 0 aromatic heterocycles. The highest BCUT2D eigenvalue weighted by Crippen LogP contribution is 2.36. The molecule has 1 aromatic rings. The van der Waals surface area contributed by atoms with Gasteiger partial charge in [0.05, 0.1) is 21.9 Å². The summed E-state index contributed by atoms with van der Waals surface area (Å²) in [6.07, 6.45) is 0. The first-order chi connectivity index (χ1) is 8.27. The molecule has 0 saturated carbocycles. The van der Waals surface area contributed by atoms with Crippen LogP contribution in [0.5, 0.6) is 5.75 Å². The Balaban J connectivity index is 2.30. The number of methoxy groups -OCH3 is 1. The average Bonchev–Trinajstić information content (AvgIpc) is 2.49. The molecule has 1 heterocycles. The van der Waals surface area contributed by atoms with Gasteiger partial charge in [-0.25, -0.2) is 0 Å². The first-order valence-electron chi connectivity index (χ1n) is 5.96. The van der Waals surface area contributed by atoms with E-state index < -0.39 is 0 Å². The van der Waals surface area contributed by atoms with Crippen molar-refractivity contribution in [2.45, 2.75) is 38.9 Å². The zero-order valence-electron chi connectivity index (χ0n) is 11.4. The minimum absolute atomic E-state index is 0.312. The molecule has 0 atom stereocenters. The predicted octanol–water partition coefficient (Wildman–Crippen LogP) is 2.60. The summed E-state index contributed by atoms with van der Waals surface area (Å²) in [5.41, 5.74) is 0.368. The summed E-state index contributed by atoms with van der Waals surface area (Å²) in [6.45, 7) is 8.21. The van der Waals surface area contributed by atoms with Crippen LogP contribution >= 0.6 is 22.6 Å². The van der Waals surface area contributed by atoms with E-state index in [4.69, 9.17) is 14.0 Å². The lowest BCUT2D eigenvalue weighted by atomic mass is 9.79. The second-order valence-electron chi connectivity index (χ2n) is 5.48. The number of hydrogen-bond acceptors (Lipinski definition) is 3. The second-order valence-corrected chi connectivity index (χ2v) is 6.64. The molecular weight excluding hydrogens is 342 g/mol. The van der Waals surface area contributed by atoms with Gasteiger partial charge in [-0.3, -0.25) is 0 Å². The summed E-state index contributed by atoms with van der Waals surface area (Å²) in [7, 11) is 1.34. The molecule has 0 N–H and O–H groups in total. The predicted molar refractivity (Wildman–Crippen MR) is 81.4 cm³/mol. The van der Waals surface area contributed by atoms with Gasteiger partial charge in [0, 0.05) is 0 Å². The molecule has 0 amide bonds. The van der Waals surface area contributed by atoms with Crippen LogP contribution in [0.1, 0.15) is 27.7 Å². The molecule has 1 aliphatic rings. The highest BCUT2D eigenvalue weighted by Gasteiger charge is 2.51. The van der Waals surface area contributed by atoms with Gasteiger partial charge in [-0.05, 0) is 67.9 Å². The Morgan fingerprint density at radius 1 is 1.11 bits per heavy atom. The maximum atomic E-state index is 6.01. The Morgan fingerprint density at radius 3 is 2.17 bits per heavy atom. The van der Waals surface area contributed by atoms with Crippen LogP contribution in [0.3, 0.4) is 0 Å². The summed E-state index contributed by atoms with van der Waals surface area (Å²) >= 11 is 2.25. The number of halogens is 1. The van der Waals surface area contributed by atoms with E-state index in [0.29, 0.717) is 0 Å². The summed E-state index contributed by atoms with van der Waals surface area (Å²) in [4.78, 5) is 0. The molecular formula is C13H18BIO3. The van der Waals surface area contributed by atoms with Crippen LogP contribution < -0.4 is 10.2 Å². The van der Waals surface area contributed by atoms with Crippen LogP contribution in [-0.2, 0) is 9.31 Å². The van der Waals surface area contributed by atoms with Gasteiger partial charge in [-0.2, -0.15) is 0 Å². The van der Waals surface area contributed by atoms with E-state index >= 15 is 0 Å². The van der Waals surface area contributed by atoms with Crippen molar-refractivity contribution in [3.05, 3.63) is 21.8 Å². The SMILES string of the molecule is COc1cc(B2OC(C)(C)C(C)(C)O2)ccc1I. The third-order valence-electron chi connectivity index (χ3n) is 3.70. The smallest absolute Gasteiger partial charge is 0.494 e. The molecule has 1 saturated heterocycles. The molecule has 3 nitrogen and oxygen atoms in total. The van der Waals surface area contributed by atoms with E-state index in [1.807, 2.05) is 18.2 Å². The molecule has 0 unspecified atom stereocenters. The van der Waals surface area contributed by atoms with Gasteiger partial charge >= 0.3 is 7.12 Å². The maximum absolute atomic E-state index is 6.01. The number of ether oxygens (including phenoxy) is 1. The van der Waals surface area contributed by atoms with Crippen molar-refractivity contribution in [1.29, 1.82) is 0 Å². The largest absolute Gasteiger partial charge is 0.496 e. The average molecular weight is 360 g/mol. The highest BCUT2D eigenvalue weighted by molar-refractivity contribution is 14.1. The summed E-state index contributed by atoms with van der Waals surface area (Å²) in [5.74, 6) is 0.850. The number of hydrogen-bond donors (Lipinski definition) is 0. The fraction of sp³-hybridized carbons (Fsp3) is 0.538. The normalized spacial score (nSPS) is 21.1. The molecule has 0 bridgehead atoms. The number of rotatable bonds is 2. The van der Waals surface area contributed by atoms with Crippen molar-refractivity contribution in [1.82, 2.24) is 0 Å². The lowest BCUT2D eigenvalue weighted by Crippen LogP contribution is -2.41. The molecule has 2 rings (SSSR count). The topological polar surface area (TPSA) is 27.7 Å². The zero-order chi connectivity index (χ0) is 13.6. The van der Waals surface area contributed by atoms with Gasteiger partial charge in [0.1, 0.15) is 5.75 Å². The van der Waals surface area contributed by atoms with Crippen LogP contribution in [0, 0.1) is 3.57 Å². The molecule has 1 aliphatic heterocycles. The molecule has 1 aromatic carbocycles. The quantitative estimate of drug-likeness (QED) is 0.600. The Hall–Kier alpha value is -0.265. The molecule has 5 heteroatoms. The molecule has 98 valence electrons.